The van der Waals surface area contributed by atoms with Crippen molar-refractivity contribution < 1.29 is 14.3 Å². The molecule has 0 spiro atoms. The molecule has 2 N–H and O–H groups in total. The zero-order valence-electron chi connectivity index (χ0n) is 15.4. The number of carbonyl (C=O) groups excluding carboxylic acids is 2. The molecule has 0 aliphatic carbocycles. The van der Waals surface area contributed by atoms with E-state index in [1.54, 1.807) is 39.0 Å². The van der Waals surface area contributed by atoms with Crippen LogP contribution in [0, 0.1) is 0 Å². The van der Waals surface area contributed by atoms with Gasteiger partial charge in [0, 0.05) is 21.8 Å². The molecule has 0 saturated carbocycles. The monoisotopic (exact) mass is 421 g/mol. The Bertz CT molecular complexity index is 779. The fourth-order valence-corrected chi connectivity index (χ4v) is 2.61. The highest BCUT2D eigenvalue weighted by atomic mass is 79.9. The molecule has 1 radical (unpaired) electrons. The summed E-state index contributed by atoms with van der Waals surface area (Å²) in [7, 11) is 0. The highest BCUT2D eigenvalue weighted by molar-refractivity contribution is 9.10. The Morgan fingerprint density at radius 2 is 1.92 bits per heavy atom. The highest BCUT2D eigenvalue weighted by Gasteiger charge is 2.21. The lowest BCUT2D eigenvalue weighted by molar-refractivity contribution is -0.114. The van der Waals surface area contributed by atoms with Crippen LogP contribution in [-0.4, -0.2) is 29.5 Å². The Kier molecular flexibility index (Phi) is 6.07. The van der Waals surface area contributed by atoms with E-state index in [9.17, 15) is 9.59 Å². The molecule has 0 atom stereocenters. The number of amides is 2. The van der Waals surface area contributed by atoms with Crippen molar-refractivity contribution >= 4 is 45.2 Å². The third kappa shape index (κ3) is 5.87. The van der Waals surface area contributed by atoms with Gasteiger partial charge in [-0.1, -0.05) is 15.9 Å². The number of benzene rings is 1. The summed E-state index contributed by atoms with van der Waals surface area (Å²) in [6, 6.07) is 5.30. The van der Waals surface area contributed by atoms with Gasteiger partial charge in [-0.25, -0.2) is 15.1 Å². The lowest BCUT2D eigenvalue weighted by atomic mass is 10.1. The lowest BCUT2D eigenvalue weighted by Gasteiger charge is -2.20. The number of nitrogens with zero attached hydrogens (tertiary/aromatic N) is 2. The maximum Gasteiger partial charge on any atom is 0.412 e. The van der Waals surface area contributed by atoms with Gasteiger partial charge in [0.15, 0.2) is 5.84 Å². The van der Waals surface area contributed by atoms with Crippen LogP contribution in [0.1, 0.15) is 40.2 Å². The molecule has 0 saturated heterocycles. The Morgan fingerprint density at radius 3 is 2.50 bits per heavy atom. The van der Waals surface area contributed by atoms with Gasteiger partial charge in [0.1, 0.15) is 5.60 Å². The summed E-state index contributed by atoms with van der Waals surface area (Å²) in [5.74, 6) is -0.219. The van der Waals surface area contributed by atoms with Crippen LogP contribution in [0.4, 0.5) is 10.5 Å². The van der Waals surface area contributed by atoms with Gasteiger partial charge >= 0.3 is 12.0 Å². The van der Waals surface area contributed by atoms with Crippen molar-refractivity contribution in [2.75, 3.05) is 5.32 Å². The summed E-state index contributed by atoms with van der Waals surface area (Å²) in [6.07, 6.45) is 0.958. The maximum absolute atomic E-state index is 12.1. The van der Waals surface area contributed by atoms with Gasteiger partial charge in [0.25, 0.3) is 0 Å². The normalized spacial score (nSPS) is 14.3. The zero-order valence-corrected chi connectivity index (χ0v) is 17.0. The Labute approximate surface area is 161 Å². The smallest absolute Gasteiger partial charge is 0.412 e. The number of nitrogens with one attached hydrogen (secondary N) is 2. The molecule has 0 aromatic heterocycles. The molecule has 0 fully saturated rings. The Morgan fingerprint density at radius 1 is 1.23 bits per heavy atom. The molecule has 2 rings (SSSR count). The number of aliphatic imine (C=N–C) groups is 1. The second-order valence-corrected chi connectivity index (χ2v) is 7.98. The van der Waals surface area contributed by atoms with Crippen LogP contribution >= 0.6 is 15.9 Å². The van der Waals surface area contributed by atoms with Crippen molar-refractivity contribution in [2.24, 2.45) is 4.99 Å². The van der Waals surface area contributed by atoms with Crippen LogP contribution in [0.25, 0.3) is 5.70 Å². The number of amidine groups is 1. The minimum Gasteiger partial charge on any atom is -0.444 e. The lowest BCUT2D eigenvalue weighted by Crippen LogP contribution is -2.41. The first kappa shape index (κ1) is 20.0. The number of carbonyl (C=O) groups is 2. The van der Waals surface area contributed by atoms with E-state index < -0.39 is 17.6 Å². The molecule has 139 valence electrons. The van der Waals surface area contributed by atoms with Crippen molar-refractivity contribution in [1.29, 1.82) is 0 Å². The molecular formula is C18H22BrN4O3. The SMILES string of the molecule is CC(C)NC1=NC=C(c2cc(Br)cc(NC(=O)OC(C)(C)C)c2)[N]C1=O. The van der Waals surface area contributed by atoms with Gasteiger partial charge in [-0.3, -0.25) is 10.1 Å². The molecular weight excluding hydrogens is 400 g/mol. The topological polar surface area (TPSA) is 93.9 Å². The fourth-order valence-electron chi connectivity index (χ4n) is 2.11. The van der Waals surface area contributed by atoms with Crippen molar-refractivity contribution in [3.63, 3.8) is 0 Å². The molecule has 26 heavy (non-hydrogen) atoms. The maximum atomic E-state index is 12.1. The quantitative estimate of drug-likeness (QED) is 0.778. The van der Waals surface area contributed by atoms with E-state index in [0.29, 0.717) is 16.9 Å². The van der Waals surface area contributed by atoms with E-state index in [1.165, 1.54) is 6.20 Å². The molecule has 1 aromatic carbocycles. The van der Waals surface area contributed by atoms with E-state index in [2.05, 4.69) is 36.9 Å². The van der Waals surface area contributed by atoms with Gasteiger partial charge in [-0.2, -0.15) is 0 Å². The first-order valence-corrected chi connectivity index (χ1v) is 8.94. The number of anilines is 1. The molecule has 8 heteroatoms. The van der Waals surface area contributed by atoms with Crippen LogP contribution in [0.3, 0.4) is 0 Å². The number of hydrogen-bond donors (Lipinski definition) is 2. The molecule has 1 aromatic rings. The van der Waals surface area contributed by atoms with Crippen LogP contribution in [-0.2, 0) is 9.53 Å². The molecule has 0 unspecified atom stereocenters. The van der Waals surface area contributed by atoms with Gasteiger partial charge in [0.2, 0.25) is 0 Å². The summed E-state index contributed by atoms with van der Waals surface area (Å²) in [6.45, 7) is 9.20. The van der Waals surface area contributed by atoms with E-state index in [-0.39, 0.29) is 11.9 Å². The predicted octanol–water partition coefficient (Wildman–Crippen LogP) is 3.64. The summed E-state index contributed by atoms with van der Waals surface area (Å²) in [5, 5.41) is 9.70. The third-order valence-electron chi connectivity index (χ3n) is 3.00. The van der Waals surface area contributed by atoms with Crippen LogP contribution in [0.2, 0.25) is 0 Å². The first-order valence-electron chi connectivity index (χ1n) is 8.15. The van der Waals surface area contributed by atoms with Crippen molar-refractivity contribution in [3.05, 3.63) is 34.4 Å². The van der Waals surface area contributed by atoms with Crippen molar-refractivity contribution in [3.8, 4) is 0 Å². The van der Waals surface area contributed by atoms with Gasteiger partial charge in [-0.05, 0) is 52.8 Å². The van der Waals surface area contributed by atoms with E-state index >= 15 is 0 Å². The van der Waals surface area contributed by atoms with Gasteiger partial charge < -0.3 is 10.1 Å². The summed E-state index contributed by atoms with van der Waals surface area (Å²) < 4.78 is 5.97. The van der Waals surface area contributed by atoms with Gasteiger partial charge in [-0.15, -0.1) is 0 Å². The number of halogens is 1. The molecule has 1 aliphatic heterocycles. The summed E-state index contributed by atoms with van der Waals surface area (Å²) in [5.41, 5.74) is 0.979. The van der Waals surface area contributed by atoms with E-state index in [0.717, 1.165) is 4.47 Å². The summed E-state index contributed by atoms with van der Waals surface area (Å²) in [4.78, 5) is 28.2. The predicted molar refractivity (Wildman–Crippen MR) is 105 cm³/mol. The Hall–Kier alpha value is -2.35. The molecule has 2 amide bonds. The molecule has 1 heterocycles. The fraction of sp³-hybridized carbons (Fsp3) is 0.389. The van der Waals surface area contributed by atoms with Crippen LogP contribution in [0.15, 0.2) is 33.9 Å². The third-order valence-corrected chi connectivity index (χ3v) is 3.46. The van der Waals surface area contributed by atoms with Crippen molar-refractivity contribution in [1.82, 2.24) is 10.6 Å². The first-order chi connectivity index (χ1) is 12.0. The van der Waals surface area contributed by atoms with Crippen LogP contribution in [0.5, 0.6) is 0 Å². The molecule has 0 bridgehead atoms. The minimum atomic E-state index is -0.596. The number of ether oxygens (including phenoxy) is 1. The largest absolute Gasteiger partial charge is 0.444 e. The highest BCUT2D eigenvalue weighted by Crippen LogP contribution is 2.25. The zero-order chi connectivity index (χ0) is 19.5. The number of rotatable bonds is 3. The minimum absolute atomic E-state index is 0.0818. The summed E-state index contributed by atoms with van der Waals surface area (Å²) >= 11 is 3.40. The van der Waals surface area contributed by atoms with E-state index in [4.69, 9.17) is 4.74 Å². The average Bonchev–Trinajstić information content (AvgIpc) is 2.46. The standard InChI is InChI=1S/C18H22BrN4O3/c1-10(2)21-15-16(24)23-14(9-20-15)11-6-12(19)8-13(7-11)22-17(25)26-18(3,4)5/h6-10H,1-5H3,(H,20,21)(H,22,25). The molecule has 7 nitrogen and oxygen atoms in total. The van der Waals surface area contributed by atoms with Crippen LogP contribution < -0.4 is 16.0 Å². The Balaban J connectivity index is 2.22. The van der Waals surface area contributed by atoms with E-state index in [1.807, 2.05) is 13.8 Å². The van der Waals surface area contributed by atoms with Crippen molar-refractivity contribution in [2.45, 2.75) is 46.3 Å². The average molecular weight is 422 g/mol. The second kappa shape index (κ2) is 7.90. The molecule has 1 aliphatic rings. The number of hydrogen-bond acceptors (Lipinski definition) is 5. The second-order valence-electron chi connectivity index (χ2n) is 7.06. The van der Waals surface area contributed by atoms with Gasteiger partial charge in [0.05, 0.1) is 11.9 Å².